The first-order chi connectivity index (χ1) is 8.58. The topological polar surface area (TPSA) is 37.3 Å². The number of benzene rings is 1. The molecular formula is C14H16ClFO2. The highest BCUT2D eigenvalue weighted by Gasteiger charge is 2.30. The zero-order chi connectivity index (χ0) is 13.1. The molecule has 0 radical (unpaired) electrons. The van der Waals surface area contributed by atoms with E-state index in [9.17, 15) is 14.3 Å². The average Bonchev–Trinajstić information content (AvgIpc) is 2.34. The Morgan fingerprint density at radius 2 is 2.11 bits per heavy atom. The van der Waals surface area contributed by atoms with E-state index in [1.807, 2.05) is 0 Å². The van der Waals surface area contributed by atoms with Gasteiger partial charge in [-0.25, -0.2) is 4.39 Å². The van der Waals surface area contributed by atoms with Crippen LogP contribution < -0.4 is 0 Å². The molecule has 1 aromatic rings. The van der Waals surface area contributed by atoms with Gasteiger partial charge in [-0.1, -0.05) is 30.5 Å². The Labute approximate surface area is 111 Å². The molecule has 4 heteroatoms. The second kappa shape index (κ2) is 5.70. The Morgan fingerprint density at radius 3 is 2.78 bits per heavy atom. The van der Waals surface area contributed by atoms with Gasteiger partial charge in [0.05, 0.1) is 10.9 Å². The van der Waals surface area contributed by atoms with Crippen LogP contribution in [0, 0.1) is 17.7 Å². The number of hydrogen-bond donors (Lipinski definition) is 1. The van der Waals surface area contributed by atoms with Crippen LogP contribution in [0.25, 0.3) is 0 Å². The van der Waals surface area contributed by atoms with E-state index in [2.05, 4.69) is 0 Å². The Balaban J connectivity index is 2.10. The highest BCUT2D eigenvalue weighted by Crippen LogP contribution is 2.33. The van der Waals surface area contributed by atoms with Crippen molar-refractivity contribution in [3.8, 4) is 0 Å². The van der Waals surface area contributed by atoms with Crippen molar-refractivity contribution in [2.75, 3.05) is 0 Å². The lowest BCUT2D eigenvalue weighted by Crippen LogP contribution is -2.28. The summed E-state index contributed by atoms with van der Waals surface area (Å²) < 4.78 is 13.3. The molecular weight excluding hydrogens is 255 g/mol. The maximum atomic E-state index is 13.3. The Kier molecular flexibility index (Phi) is 4.23. The van der Waals surface area contributed by atoms with Gasteiger partial charge in [-0.3, -0.25) is 4.79 Å². The lowest BCUT2D eigenvalue weighted by molar-refractivity contribution is -0.144. The molecule has 0 aromatic heterocycles. The second-order valence-corrected chi connectivity index (χ2v) is 5.35. The van der Waals surface area contributed by atoms with E-state index >= 15 is 0 Å². The monoisotopic (exact) mass is 270 g/mol. The van der Waals surface area contributed by atoms with Crippen molar-refractivity contribution in [1.29, 1.82) is 0 Å². The van der Waals surface area contributed by atoms with Crippen LogP contribution in [-0.2, 0) is 11.2 Å². The van der Waals surface area contributed by atoms with Gasteiger partial charge in [0.1, 0.15) is 5.82 Å². The first-order valence-corrected chi connectivity index (χ1v) is 6.62. The highest BCUT2D eigenvalue weighted by atomic mass is 35.5. The summed E-state index contributed by atoms with van der Waals surface area (Å²) in [4.78, 5) is 11.2. The van der Waals surface area contributed by atoms with Crippen LogP contribution in [0.1, 0.15) is 31.2 Å². The fraction of sp³-hybridized carbons (Fsp3) is 0.500. The number of aliphatic carboxylic acids is 1. The molecule has 1 aliphatic rings. The molecule has 1 N–H and O–H groups in total. The van der Waals surface area contributed by atoms with Crippen LogP contribution in [0.5, 0.6) is 0 Å². The molecule has 1 aromatic carbocycles. The van der Waals surface area contributed by atoms with E-state index in [0.29, 0.717) is 6.42 Å². The summed E-state index contributed by atoms with van der Waals surface area (Å²) >= 11 is 5.63. The molecule has 0 bridgehead atoms. The summed E-state index contributed by atoms with van der Waals surface area (Å²) in [5, 5.41) is 9.30. The normalized spacial score (nSPS) is 23.9. The molecule has 1 fully saturated rings. The minimum Gasteiger partial charge on any atom is -0.481 e. The molecule has 98 valence electrons. The molecule has 1 saturated carbocycles. The third-order valence-corrected chi connectivity index (χ3v) is 4.01. The van der Waals surface area contributed by atoms with Gasteiger partial charge >= 0.3 is 5.97 Å². The van der Waals surface area contributed by atoms with Crippen molar-refractivity contribution in [2.24, 2.45) is 11.8 Å². The predicted octanol–water partition coefficient (Wildman–Crippen LogP) is 3.91. The van der Waals surface area contributed by atoms with Crippen LogP contribution in [0.2, 0.25) is 5.02 Å². The average molecular weight is 271 g/mol. The van der Waals surface area contributed by atoms with Crippen LogP contribution in [-0.4, -0.2) is 11.1 Å². The van der Waals surface area contributed by atoms with E-state index < -0.39 is 11.8 Å². The second-order valence-electron chi connectivity index (χ2n) is 4.94. The predicted molar refractivity (Wildman–Crippen MR) is 68.2 cm³/mol. The molecule has 0 aliphatic heterocycles. The van der Waals surface area contributed by atoms with Crippen molar-refractivity contribution in [3.63, 3.8) is 0 Å². The molecule has 0 heterocycles. The van der Waals surface area contributed by atoms with Gasteiger partial charge in [-0.05, 0) is 42.9 Å². The van der Waals surface area contributed by atoms with Gasteiger partial charge in [-0.15, -0.1) is 0 Å². The zero-order valence-electron chi connectivity index (χ0n) is 10.0. The first-order valence-electron chi connectivity index (χ1n) is 6.24. The molecule has 18 heavy (non-hydrogen) atoms. The van der Waals surface area contributed by atoms with Crippen LogP contribution >= 0.6 is 11.6 Å². The van der Waals surface area contributed by atoms with Gasteiger partial charge in [-0.2, -0.15) is 0 Å². The molecule has 2 rings (SSSR count). The fourth-order valence-corrected chi connectivity index (χ4v) is 2.86. The van der Waals surface area contributed by atoms with Crippen molar-refractivity contribution < 1.29 is 14.3 Å². The minimum absolute atomic E-state index is 0.108. The lowest BCUT2D eigenvalue weighted by atomic mass is 9.76. The molecule has 2 nitrogen and oxygen atoms in total. The molecule has 2 unspecified atom stereocenters. The number of hydrogen-bond acceptors (Lipinski definition) is 1. The third-order valence-electron chi connectivity index (χ3n) is 3.71. The van der Waals surface area contributed by atoms with Gasteiger partial charge in [0, 0.05) is 0 Å². The SMILES string of the molecule is O=C(O)C1CCCCC1Cc1ccc(Cl)c(F)c1. The summed E-state index contributed by atoms with van der Waals surface area (Å²) in [6.07, 6.45) is 4.29. The van der Waals surface area contributed by atoms with E-state index in [1.54, 1.807) is 6.07 Å². The number of halogens is 2. The van der Waals surface area contributed by atoms with E-state index in [1.165, 1.54) is 12.1 Å². The van der Waals surface area contributed by atoms with E-state index in [4.69, 9.17) is 11.6 Å². The molecule has 2 atom stereocenters. The molecule has 0 amide bonds. The molecule has 1 aliphatic carbocycles. The Morgan fingerprint density at radius 1 is 1.39 bits per heavy atom. The van der Waals surface area contributed by atoms with Crippen LogP contribution in [0.3, 0.4) is 0 Å². The molecule has 0 spiro atoms. The number of rotatable bonds is 3. The van der Waals surface area contributed by atoms with Gasteiger partial charge in [0.15, 0.2) is 0 Å². The Bertz CT molecular complexity index is 447. The third kappa shape index (κ3) is 3.02. The lowest BCUT2D eigenvalue weighted by Gasteiger charge is -2.28. The maximum Gasteiger partial charge on any atom is 0.306 e. The van der Waals surface area contributed by atoms with E-state index in [-0.39, 0.29) is 16.9 Å². The Hall–Kier alpha value is -1.09. The van der Waals surface area contributed by atoms with Crippen molar-refractivity contribution in [3.05, 3.63) is 34.6 Å². The molecule has 0 saturated heterocycles. The quantitative estimate of drug-likeness (QED) is 0.904. The summed E-state index contributed by atoms with van der Waals surface area (Å²) in [5.74, 6) is -1.35. The maximum absolute atomic E-state index is 13.3. The van der Waals surface area contributed by atoms with Crippen LogP contribution in [0.15, 0.2) is 18.2 Å². The number of carbonyl (C=O) groups is 1. The smallest absolute Gasteiger partial charge is 0.306 e. The van der Waals surface area contributed by atoms with Gasteiger partial charge in [0.25, 0.3) is 0 Å². The van der Waals surface area contributed by atoms with Crippen molar-refractivity contribution in [1.82, 2.24) is 0 Å². The van der Waals surface area contributed by atoms with Crippen molar-refractivity contribution >= 4 is 17.6 Å². The summed E-state index contributed by atoms with van der Waals surface area (Å²) in [7, 11) is 0. The highest BCUT2D eigenvalue weighted by molar-refractivity contribution is 6.30. The summed E-state index contributed by atoms with van der Waals surface area (Å²) in [6.45, 7) is 0. The van der Waals surface area contributed by atoms with Crippen molar-refractivity contribution in [2.45, 2.75) is 32.1 Å². The summed E-state index contributed by atoms with van der Waals surface area (Å²) in [5.41, 5.74) is 0.829. The largest absolute Gasteiger partial charge is 0.481 e. The minimum atomic E-state index is -0.728. The van der Waals surface area contributed by atoms with Crippen LogP contribution in [0.4, 0.5) is 4.39 Å². The number of carboxylic acid groups (broad SMARTS) is 1. The zero-order valence-corrected chi connectivity index (χ0v) is 10.8. The van der Waals surface area contributed by atoms with Gasteiger partial charge in [0.2, 0.25) is 0 Å². The van der Waals surface area contributed by atoms with Gasteiger partial charge < -0.3 is 5.11 Å². The number of carboxylic acids is 1. The summed E-state index contributed by atoms with van der Waals surface area (Å²) in [6, 6.07) is 4.72. The standard InChI is InChI=1S/C14H16ClFO2/c15-12-6-5-9(8-13(12)16)7-10-3-1-2-4-11(10)14(17)18/h5-6,8,10-11H,1-4,7H2,(H,17,18). The first kappa shape index (κ1) is 13.3. The fourth-order valence-electron chi connectivity index (χ4n) is 2.75. The van der Waals surface area contributed by atoms with E-state index in [0.717, 1.165) is 31.2 Å².